The number of hydrogen-bond acceptors (Lipinski definition) is 4. The summed E-state index contributed by atoms with van der Waals surface area (Å²) in [5.74, 6) is 0.720. The average Bonchev–Trinajstić information content (AvgIpc) is 3.21. The zero-order chi connectivity index (χ0) is 22.8. The van der Waals surface area contributed by atoms with Crippen molar-refractivity contribution in [2.24, 2.45) is 0 Å². The Kier molecular flexibility index (Phi) is 5.73. The molecule has 1 atom stereocenters. The second-order valence-corrected chi connectivity index (χ2v) is 8.42. The summed E-state index contributed by atoms with van der Waals surface area (Å²) in [5, 5.41) is 0. The Morgan fingerprint density at radius 1 is 0.879 bits per heavy atom. The van der Waals surface area contributed by atoms with Crippen LogP contribution in [0.4, 0.5) is 5.69 Å². The molecule has 2 heterocycles. The largest absolute Gasteiger partial charge is 0.497 e. The van der Waals surface area contributed by atoms with E-state index in [9.17, 15) is 9.59 Å². The van der Waals surface area contributed by atoms with Gasteiger partial charge in [-0.25, -0.2) is 0 Å². The summed E-state index contributed by atoms with van der Waals surface area (Å²) in [7, 11) is 1.66. The van der Waals surface area contributed by atoms with Gasteiger partial charge in [-0.1, -0.05) is 54.6 Å². The van der Waals surface area contributed by atoms with Crippen molar-refractivity contribution in [3.8, 4) is 5.75 Å². The van der Waals surface area contributed by atoms with E-state index in [-0.39, 0.29) is 11.8 Å². The standard InChI is InChI=1S/C27H27N3O3/c1-33-23-12-7-11-22(18-23)28-14-16-29(17-15-28)27(32)25(20-8-3-2-4-9-20)30-19-21-10-5-6-13-24(21)26(30)31/h2-13,18,25H,14-17,19H2,1H3. The Morgan fingerprint density at radius 3 is 2.33 bits per heavy atom. The van der Waals surface area contributed by atoms with Crippen LogP contribution in [0.3, 0.4) is 0 Å². The van der Waals surface area contributed by atoms with Crippen LogP contribution in [0.15, 0.2) is 78.9 Å². The second-order valence-electron chi connectivity index (χ2n) is 8.42. The summed E-state index contributed by atoms with van der Waals surface area (Å²) < 4.78 is 5.35. The van der Waals surface area contributed by atoms with Crippen LogP contribution in [0.2, 0.25) is 0 Å². The van der Waals surface area contributed by atoms with Crippen molar-refractivity contribution in [2.75, 3.05) is 38.2 Å². The molecule has 0 bridgehead atoms. The Labute approximate surface area is 194 Å². The third-order valence-electron chi connectivity index (χ3n) is 6.52. The van der Waals surface area contributed by atoms with Crippen LogP contribution in [0.25, 0.3) is 0 Å². The zero-order valence-electron chi connectivity index (χ0n) is 18.7. The number of anilines is 1. The first-order valence-electron chi connectivity index (χ1n) is 11.3. The number of ether oxygens (including phenoxy) is 1. The normalized spacial score (nSPS) is 16.5. The van der Waals surface area contributed by atoms with Crippen molar-refractivity contribution in [2.45, 2.75) is 12.6 Å². The number of fused-ring (bicyclic) bond motifs is 1. The Balaban J connectivity index is 1.36. The van der Waals surface area contributed by atoms with Crippen LogP contribution in [-0.2, 0) is 11.3 Å². The Bertz CT molecular complexity index is 1160. The number of benzene rings is 3. The fourth-order valence-electron chi connectivity index (χ4n) is 4.74. The molecule has 2 aliphatic rings. The first-order chi connectivity index (χ1) is 16.2. The van der Waals surface area contributed by atoms with E-state index in [1.807, 2.05) is 77.7 Å². The SMILES string of the molecule is COc1cccc(N2CCN(C(=O)C(c3ccccc3)N3Cc4ccccc4C3=O)CC2)c1. The van der Waals surface area contributed by atoms with Crippen molar-refractivity contribution in [3.05, 3.63) is 95.6 Å². The van der Waals surface area contributed by atoms with Gasteiger partial charge in [-0.15, -0.1) is 0 Å². The van der Waals surface area contributed by atoms with Crippen molar-refractivity contribution >= 4 is 17.5 Å². The zero-order valence-corrected chi connectivity index (χ0v) is 18.7. The minimum atomic E-state index is -0.630. The molecule has 33 heavy (non-hydrogen) atoms. The molecule has 1 saturated heterocycles. The van der Waals surface area contributed by atoms with Crippen LogP contribution in [0, 0.1) is 0 Å². The number of carbonyl (C=O) groups excluding carboxylic acids is 2. The molecule has 0 saturated carbocycles. The van der Waals surface area contributed by atoms with Gasteiger partial charge in [0.2, 0.25) is 5.91 Å². The van der Waals surface area contributed by atoms with Crippen molar-refractivity contribution in [1.29, 1.82) is 0 Å². The molecule has 6 nitrogen and oxygen atoms in total. The minimum absolute atomic E-state index is 0.0207. The topological polar surface area (TPSA) is 53.1 Å². The molecule has 6 heteroatoms. The highest BCUT2D eigenvalue weighted by Gasteiger charge is 2.39. The number of methoxy groups -OCH3 is 1. The van der Waals surface area contributed by atoms with E-state index in [0.29, 0.717) is 25.2 Å². The predicted octanol–water partition coefficient (Wildman–Crippen LogP) is 3.74. The molecule has 168 valence electrons. The summed E-state index contributed by atoms with van der Waals surface area (Å²) in [6.45, 7) is 3.12. The van der Waals surface area contributed by atoms with Crippen molar-refractivity contribution in [3.63, 3.8) is 0 Å². The second kappa shape index (κ2) is 8.98. The first kappa shape index (κ1) is 21.1. The molecule has 0 aliphatic carbocycles. The Hall–Kier alpha value is -3.80. The lowest BCUT2D eigenvalue weighted by molar-refractivity contribution is -0.136. The third kappa shape index (κ3) is 4.04. The molecule has 3 aromatic carbocycles. The van der Waals surface area contributed by atoms with Gasteiger partial charge in [-0.05, 0) is 29.3 Å². The van der Waals surface area contributed by atoms with Crippen LogP contribution in [0.5, 0.6) is 5.75 Å². The monoisotopic (exact) mass is 441 g/mol. The fourth-order valence-corrected chi connectivity index (χ4v) is 4.74. The molecule has 1 fully saturated rings. The lowest BCUT2D eigenvalue weighted by atomic mass is 10.0. The summed E-state index contributed by atoms with van der Waals surface area (Å²) in [6.07, 6.45) is 0. The third-order valence-corrected chi connectivity index (χ3v) is 6.52. The number of piperazine rings is 1. The number of nitrogens with zero attached hydrogens (tertiary/aromatic N) is 3. The number of rotatable bonds is 5. The summed E-state index contributed by atoms with van der Waals surface area (Å²) in [4.78, 5) is 32.9. The van der Waals surface area contributed by atoms with Crippen LogP contribution >= 0.6 is 0 Å². The quantitative estimate of drug-likeness (QED) is 0.605. The highest BCUT2D eigenvalue weighted by molar-refractivity contribution is 6.01. The molecule has 0 spiro atoms. The maximum Gasteiger partial charge on any atom is 0.255 e. The van der Waals surface area contributed by atoms with Gasteiger partial charge >= 0.3 is 0 Å². The van der Waals surface area contributed by atoms with Crippen molar-refractivity contribution < 1.29 is 14.3 Å². The maximum atomic E-state index is 13.8. The molecule has 1 unspecified atom stereocenters. The molecule has 0 radical (unpaired) electrons. The van der Waals surface area contributed by atoms with Crippen molar-refractivity contribution in [1.82, 2.24) is 9.80 Å². The van der Waals surface area contributed by atoms with Gasteiger partial charge in [0, 0.05) is 50.0 Å². The fraction of sp³-hybridized carbons (Fsp3) is 0.259. The van der Waals surface area contributed by atoms with Gasteiger partial charge in [0.05, 0.1) is 7.11 Å². The molecule has 2 amide bonds. The van der Waals surface area contributed by atoms with Gasteiger partial charge in [-0.2, -0.15) is 0 Å². The van der Waals surface area contributed by atoms with Crippen LogP contribution in [-0.4, -0.2) is 54.9 Å². The van der Waals surface area contributed by atoms with E-state index >= 15 is 0 Å². The Morgan fingerprint density at radius 2 is 1.61 bits per heavy atom. The van der Waals surface area contributed by atoms with E-state index in [1.165, 1.54) is 0 Å². The minimum Gasteiger partial charge on any atom is -0.497 e. The molecule has 0 aromatic heterocycles. The van der Waals surface area contributed by atoms with E-state index in [4.69, 9.17) is 4.74 Å². The molecule has 3 aromatic rings. The lowest BCUT2D eigenvalue weighted by Gasteiger charge is -2.39. The smallest absolute Gasteiger partial charge is 0.255 e. The van der Waals surface area contributed by atoms with E-state index in [2.05, 4.69) is 11.0 Å². The maximum absolute atomic E-state index is 13.8. The summed E-state index contributed by atoms with van der Waals surface area (Å²) in [5.41, 5.74) is 3.60. The van der Waals surface area contributed by atoms with Gasteiger partial charge in [-0.3, -0.25) is 9.59 Å². The molecule has 0 N–H and O–H groups in total. The molecular weight excluding hydrogens is 414 g/mol. The van der Waals surface area contributed by atoms with E-state index in [0.717, 1.165) is 35.7 Å². The molecular formula is C27H27N3O3. The summed E-state index contributed by atoms with van der Waals surface area (Å²) in [6, 6.07) is 24.6. The first-order valence-corrected chi connectivity index (χ1v) is 11.3. The average molecular weight is 442 g/mol. The highest BCUT2D eigenvalue weighted by atomic mass is 16.5. The summed E-state index contributed by atoms with van der Waals surface area (Å²) >= 11 is 0. The van der Waals surface area contributed by atoms with Gasteiger partial charge < -0.3 is 19.4 Å². The van der Waals surface area contributed by atoms with Gasteiger partial charge in [0.1, 0.15) is 11.8 Å². The predicted molar refractivity (Wildman–Crippen MR) is 127 cm³/mol. The van der Waals surface area contributed by atoms with E-state index in [1.54, 1.807) is 12.0 Å². The van der Waals surface area contributed by atoms with Gasteiger partial charge in [0.15, 0.2) is 0 Å². The van der Waals surface area contributed by atoms with Gasteiger partial charge in [0.25, 0.3) is 5.91 Å². The van der Waals surface area contributed by atoms with Crippen LogP contribution < -0.4 is 9.64 Å². The number of hydrogen-bond donors (Lipinski definition) is 0. The number of carbonyl (C=O) groups is 2. The lowest BCUT2D eigenvalue weighted by Crippen LogP contribution is -2.52. The molecule has 5 rings (SSSR count). The van der Waals surface area contributed by atoms with Crippen LogP contribution in [0.1, 0.15) is 27.5 Å². The highest BCUT2D eigenvalue weighted by Crippen LogP contribution is 2.33. The number of amides is 2. The molecule has 2 aliphatic heterocycles. The van der Waals surface area contributed by atoms with E-state index < -0.39 is 6.04 Å².